The van der Waals surface area contributed by atoms with Crippen molar-refractivity contribution in [2.45, 2.75) is 95.8 Å². The van der Waals surface area contributed by atoms with Crippen molar-refractivity contribution in [3.63, 3.8) is 0 Å². The number of ether oxygens (including phenoxy) is 5. The van der Waals surface area contributed by atoms with Gasteiger partial charge in [0.1, 0.15) is 23.4 Å². The molecule has 75 heavy (non-hydrogen) atoms. The van der Waals surface area contributed by atoms with Crippen LogP contribution in [0.2, 0.25) is 0 Å². The first-order chi connectivity index (χ1) is 35.5. The molecule has 0 aliphatic heterocycles. The van der Waals surface area contributed by atoms with Crippen molar-refractivity contribution in [3.8, 4) is 5.75 Å². The van der Waals surface area contributed by atoms with Gasteiger partial charge in [-0.2, -0.15) is 9.82 Å². The number of carboxylic acid groups (broad SMARTS) is 1. The Morgan fingerprint density at radius 3 is 2.07 bits per heavy atom. The molecule has 0 fully saturated rings. The monoisotopic (exact) mass is 1100 g/mol. The Kier molecular flexibility index (Phi) is 24.9. The standard InChI is InChI=1S/C47H72N10O16S2/c1-32-26-36(72-21-6-10-40(58)48-14-8-19-69-22-24-71-25-23-70-20-9-15-49-43(60)38(31-74(64,65)66)55-46(63)73-47(3,4)5)27-33(2)41(32)75(67,68)56-37(44(61)62)30-53-42(59)34-11-12-39-35(28-34)29-54-57(39)18-7-13-50-45-51-16-17-52-45/h11-12,16-17,26-29,37-38,56,64-66H,6-10,13-15,18-25,30-31H2,1-5H3,(H,48,58)(H,49,60)(H,53,59)(H,55,63)(H,61,62)(H2,50,51,52)/t37-,38+/m0/s1. The average Bonchev–Trinajstić information content (AvgIpc) is 4.00. The van der Waals surface area contributed by atoms with Crippen LogP contribution in [0.25, 0.3) is 10.9 Å². The van der Waals surface area contributed by atoms with Gasteiger partial charge in [0.25, 0.3) is 5.91 Å². The summed E-state index contributed by atoms with van der Waals surface area (Å²) in [6.07, 6.45) is 6.37. The number of hydrogen-bond acceptors (Lipinski definition) is 18. The van der Waals surface area contributed by atoms with Crippen LogP contribution in [0.3, 0.4) is 0 Å². The van der Waals surface area contributed by atoms with E-state index in [4.69, 9.17) is 23.7 Å². The van der Waals surface area contributed by atoms with Crippen LogP contribution in [0, 0.1) is 13.8 Å². The molecule has 2 atom stereocenters. The summed E-state index contributed by atoms with van der Waals surface area (Å²) in [6, 6.07) is 4.87. The summed E-state index contributed by atoms with van der Waals surface area (Å²) in [5, 5.41) is 28.3. The van der Waals surface area contributed by atoms with Crippen LogP contribution >= 0.6 is 10.9 Å². The van der Waals surface area contributed by atoms with Gasteiger partial charge in [-0.15, -0.1) is 0 Å². The van der Waals surface area contributed by atoms with Gasteiger partial charge in [0, 0.05) is 75.7 Å². The third-order valence-corrected chi connectivity index (χ3v) is 13.1. The normalized spacial score (nSPS) is 12.9. The molecule has 4 rings (SSSR count). The molecule has 4 aromatic rings. The molecule has 26 nitrogen and oxygen atoms in total. The molecule has 0 aliphatic rings. The van der Waals surface area contributed by atoms with Gasteiger partial charge in [-0.3, -0.25) is 23.9 Å². The Morgan fingerprint density at radius 1 is 0.800 bits per heavy atom. The smallest absolute Gasteiger partial charge is 0.408 e. The SMILES string of the molecule is Cc1cc(OCCCC(=O)NCCCOCCOCCOCCCNC(=O)[C@@H](CS(O)(O)O)NC(=O)OC(C)(C)C)cc(C)c1S(=O)(=O)N[C@@H](CNC(=O)c1ccc2c(cnn2CCCNc2ncc[nH]2)c1)C(=O)O. The number of rotatable bonds is 35. The molecule has 0 radical (unpaired) electrons. The summed E-state index contributed by atoms with van der Waals surface area (Å²) in [5.41, 5.74) is 0.809. The summed E-state index contributed by atoms with van der Waals surface area (Å²) in [6.45, 7) is 11.4. The van der Waals surface area contributed by atoms with Crippen LogP contribution in [0.4, 0.5) is 10.7 Å². The van der Waals surface area contributed by atoms with Crippen molar-refractivity contribution in [3.05, 3.63) is 65.6 Å². The molecule has 0 unspecified atom stereocenters. The third kappa shape index (κ3) is 23.1. The lowest BCUT2D eigenvalue weighted by Gasteiger charge is -2.27. The van der Waals surface area contributed by atoms with Crippen molar-refractivity contribution in [1.29, 1.82) is 0 Å². The second-order valence-corrected chi connectivity index (χ2v) is 21.4. The first-order valence-corrected chi connectivity index (χ1v) is 27.4. The number of fused-ring (bicyclic) bond motifs is 1. The number of imidazole rings is 1. The predicted octanol–water partition coefficient (Wildman–Crippen LogP) is 3.38. The van der Waals surface area contributed by atoms with Gasteiger partial charge in [-0.25, -0.2) is 18.2 Å². The molecular formula is C47H72N10O16S2. The first-order valence-electron chi connectivity index (χ1n) is 24.2. The maximum absolute atomic E-state index is 13.5. The minimum absolute atomic E-state index is 0.125. The van der Waals surface area contributed by atoms with Crippen LogP contribution in [-0.4, -0.2) is 173 Å². The number of benzene rings is 2. The molecule has 0 saturated carbocycles. The van der Waals surface area contributed by atoms with Gasteiger partial charge in [-0.05, 0) is 102 Å². The number of aryl methyl sites for hydroxylation is 3. The zero-order valence-corrected chi connectivity index (χ0v) is 44.5. The minimum Gasteiger partial charge on any atom is -0.494 e. The number of anilines is 1. The van der Waals surface area contributed by atoms with Crippen LogP contribution < -0.4 is 36.0 Å². The van der Waals surface area contributed by atoms with Crippen LogP contribution in [0.1, 0.15) is 74.4 Å². The second kappa shape index (κ2) is 30.4. The highest BCUT2D eigenvalue weighted by Crippen LogP contribution is 2.33. The number of nitrogens with zero attached hydrogens (tertiary/aromatic N) is 3. The number of aromatic amines is 1. The quantitative estimate of drug-likeness (QED) is 0.0294. The van der Waals surface area contributed by atoms with E-state index in [1.165, 1.54) is 12.1 Å². The lowest BCUT2D eigenvalue weighted by atomic mass is 10.1. The minimum atomic E-state index is -4.38. The lowest BCUT2D eigenvalue weighted by molar-refractivity contribution is -0.138. The number of amides is 4. The van der Waals surface area contributed by atoms with E-state index in [2.05, 4.69) is 46.4 Å². The molecular weight excluding hydrogens is 1020 g/mol. The molecule has 0 spiro atoms. The molecule has 11 N–H and O–H groups in total. The van der Waals surface area contributed by atoms with E-state index in [-0.39, 0.29) is 49.2 Å². The third-order valence-electron chi connectivity index (χ3n) is 10.5. The fourth-order valence-corrected chi connectivity index (χ4v) is 9.49. The van der Waals surface area contributed by atoms with Crippen molar-refractivity contribution >= 4 is 67.5 Å². The summed E-state index contributed by atoms with van der Waals surface area (Å²) in [5.74, 6) is -2.74. The predicted molar refractivity (Wildman–Crippen MR) is 277 cm³/mol. The number of alkyl carbamates (subject to hydrolysis) is 1. The molecule has 0 bridgehead atoms. The Hall–Kier alpha value is -6.11. The molecule has 2 heterocycles. The number of aliphatic carboxylic acids is 1. The van der Waals surface area contributed by atoms with Gasteiger partial charge < -0.3 is 74.0 Å². The number of H-pyrrole nitrogens is 1. The maximum Gasteiger partial charge on any atom is 0.408 e. The molecule has 0 aliphatic carbocycles. The number of aromatic nitrogens is 4. The maximum atomic E-state index is 13.5. The van der Waals surface area contributed by atoms with Gasteiger partial charge in [-0.1, -0.05) is 0 Å². The number of hydrogen-bond donors (Lipinski definition) is 11. The van der Waals surface area contributed by atoms with Crippen molar-refractivity contribution in [1.82, 2.24) is 45.7 Å². The number of nitrogens with one attached hydrogen (secondary N) is 7. The summed E-state index contributed by atoms with van der Waals surface area (Å²) >= 11 is 0. The van der Waals surface area contributed by atoms with Crippen LogP contribution in [-0.2, 0) is 49.9 Å². The highest BCUT2D eigenvalue weighted by atomic mass is 32.3. The van der Waals surface area contributed by atoms with Crippen molar-refractivity contribution in [2.75, 3.05) is 83.5 Å². The summed E-state index contributed by atoms with van der Waals surface area (Å²) < 4.78 is 86.7. The van der Waals surface area contributed by atoms with Crippen LogP contribution in [0.5, 0.6) is 5.75 Å². The Morgan fingerprint density at radius 2 is 1.45 bits per heavy atom. The van der Waals surface area contributed by atoms with E-state index in [0.717, 1.165) is 11.9 Å². The molecule has 28 heteroatoms. The average molecular weight is 1100 g/mol. The molecule has 2 aromatic carbocycles. The van der Waals surface area contributed by atoms with Gasteiger partial charge in [0.15, 0.2) is 5.95 Å². The number of carboxylic acids is 1. The van der Waals surface area contributed by atoms with E-state index < -0.39 is 74.8 Å². The van der Waals surface area contributed by atoms with Crippen molar-refractivity contribution < 1.29 is 74.8 Å². The molecule has 4 amide bonds. The fourth-order valence-electron chi connectivity index (χ4n) is 7.16. The fraction of sp³-hybridized carbons (Fsp3) is 0.553. The highest BCUT2D eigenvalue weighted by molar-refractivity contribution is 8.19. The van der Waals surface area contributed by atoms with E-state index in [0.29, 0.717) is 93.5 Å². The Balaban J connectivity index is 1.04. The van der Waals surface area contributed by atoms with Gasteiger partial charge in [0.2, 0.25) is 21.8 Å². The largest absolute Gasteiger partial charge is 0.494 e. The van der Waals surface area contributed by atoms with Crippen molar-refractivity contribution in [2.24, 2.45) is 0 Å². The number of carbonyl (C=O) groups excluding carboxylic acids is 4. The topological polar surface area (TPSA) is 365 Å². The summed E-state index contributed by atoms with van der Waals surface area (Å²) in [4.78, 5) is 69.2. The molecule has 418 valence electrons. The number of carbonyl (C=O) groups is 5. The van der Waals surface area contributed by atoms with Gasteiger partial charge in [0.05, 0.1) is 66.3 Å². The van der Waals surface area contributed by atoms with Crippen LogP contribution in [0.15, 0.2) is 53.8 Å². The van der Waals surface area contributed by atoms with E-state index in [1.807, 2.05) is 4.68 Å². The van der Waals surface area contributed by atoms with E-state index >= 15 is 0 Å². The molecule has 2 aromatic heterocycles. The number of sulfonamides is 1. The molecule has 0 saturated heterocycles. The Labute approximate surface area is 437 Å². The Bertz CT molecular complexity index is 2550. The zero-order valence-electron chi connectivity index (χ0n) is 42.8. The lowest BCUT2D eigenvalue weighted by Crippen LogP contribution is -2.51. The first kappa shape index (κ1) is 61.4. The van der Waals surface area contributed by atoms with E-state index in [1.54, 1.807) is 71.4 Å². The summed E-state index contributed by atoms with van der Waals surface area (Å²) in [7, 11) is -8.46. The second-order valence-electron chi connectivity index (χ2n) is 18.1. The van der Waals surface area contributed by atoms with Gasteiger partial charge >= 0.3 is 12.1 Å². The van der Waals surface area contributed by atoms with E-state index in [9.17, 15) is 51.2 Å². The highest BCUT2D eigenvalue weighted by Gasteiger charge is 2.31. The zero-order chi connectivity index (χ0) is 55.0.